The molecule has 0 aliphatic carbocycles. The van der Waals surface area contributed by atoms with Crippen LogP contribution >= 0.6 is 15.9 Å². The van der Waals surface area contributed by atoms with Gasteiger partial charge in [-0.2, -0.15) is 0 Å². The highest BCUT2D eigenvalue weighted by Gasteiger charge is 2.03. The van der Waals surface area contributed by atoms with Crippen LogP contribution in [-0.2, 0) is 0 Å². The molecule has 1 atom stereocenters. The quantitative estimate of drug-likeness (QED) is 0.856. The number of halogens is 1. The third kappa shape index (κ3) is 3.49. The molecule has 0 radical (unpaired) electrons. The minimum absolute atomic E-state index is 0.202. The second-order valence-electron chi connectivity index (χ2n) is 3.30. The molecular weight excluding hydrogens is 226 g/mol. The summed E-state index contributed by atoms with van der Waals surface area (Å²) in [5.74, 6) is 0. The van der Waals surface area contributed by atoms with Crippen molar-refractivity contribution in [2.75, 3.05) is 0 Å². The van der Waals surface area contributed by atoms with Gasteiger partial charge in [0.05, 0.1) is 0 Å². The molecule has 72 valence electrons. The Kier molecular flexibility index (Phi) is 4.46. The van der Waals surface area contributed by atoms with E-state index in [4.69, 9.17) is 5.73 Å². The SMILES string of the molecule is CCCC[C@@H](N)c1ccc(Br)cc1. The molecule has 1 aromatic carbocycles. The van der Waals surface area contributed by atoms with Crippen LogP contribution in [0.1, 0.15) is 37.8 Å². The molecule has 0 spiro atoms. The summed E-state index contributed by atoms with van der Waals surface area (Å²) in [6.07, 6.45) is 3.50. The molecule has 0 aliphatic rings. The van der Waals surface area contributed by atoms with Crippen LogP contribution < -0.4 is 5.73 Å². The summed E-state index contributed by atoms with van der Waals surface area (Å²) in [4.78, 5) is 0. The molecule has 0 unspecified atom stereocenters. The van der Waals surface area contributed by atoms with Gasteiger partial charge in [-0.3, -0.25) is 0 Å². The summed E-state index contributed by atoms with van der Waals surface area (Å²) >= 11 is 3.41. The van der Waals surface area contributed by atoms with Gasteiger partial charge in [-0.1, -0.05) is 47.8 Å². The maximum Gasteiger partial charge on any atom is 0.0294 e. The number of nitrogens with two attached hydrogens (primary N) is 1. The van der Waals surface area contributed by atoms with Crippen molar-refractivity contribution in [3.63, 3.8) is 0 Å². The van der Waals surface area contributed by atoms with Crippen LogP contribution in [-0.4, -0.2) is 0 Å². The zero-order chi connectivity index (χ0) is 9.68. The smallest absolute Gasteiger partial charge is 0.0294 e. The zero-order valence-electron chi connectivity index (χ0n) is 7.96. The molecule has 0 fully saturated rings. The number of unbranched alkanes of at least 4 members (excludes halogenated alkanes) is 1. The summed E-state index contributed by atoms with van der Waals surface area (Å²) in [5.41, 5.74) is 7.25. The number of rotatable bonds is 4. The Morgan fingerprint density at radius 1 is 1.31 bits per heavy atom. The maximum atomic E-state index is 6.02. The Labute approximate surface area is 88.5 Å². The van der Waals surface area contributed by atoms with Gasteiger partial charge < -0.3 is 5.73 Å². The van der Waals surface area contributed by atoms with E-state index in [-0.39, 0.29) is 6.04 Å². The van der Waals surface area contributed by atoms with Gasteiger partial charge >= 0.3 is 0 Å². The van der Waals surface area contributed by atoms with Crippen molar-refractivity contribution in [2.24, 2.45) is 5.73 Å². The van der Waals surface area contributed by atoms with E-state index >= 15 is 0 Å². The molecule has 0 bridgehead atoms. The van der Waals surface area contributed by atoms with Gasteiger partial charge in [0.15, 0.2) is 0 Å². The molecule has 0 heterocycles. The number of benzene rings is 1. The number of hydrogen-bond donors (Lipinski definition) is 1. The predicted molar refractivity (Wildman–Crippen MR) is 60.6 cm³/mol. The molecule has 2 heteroatoms. The van der Waals surface area contributed by atoms with Gasteiger partial charge in [0.2, 0.25) is 0 Å². The van der Waals surface area contributed by atoms with Crippen LogP contribution in [0.15, 0.2) is 28.7 Å². The lowest BCUT2D eigenvalue weighted by atomic mass is 10.0. The highest BCUT2D eigenvalue weighted by Crippen LogP contribution is 2.19. The van der Waals surface area contributed by atoms with Crippen molar-refractivity contribution in [3.05, 3.63) is 34.3 Å². The van der Waals surface area contributed by atoms with Crippen molar-refractivity contribution in [2.45, 2.75) is 32.2 Å². The van der Waals surface area contributed by atoms with Crippen LogP contribution in [0.3, 0.4) is 0 Å². The van der Waals surface area contributed by atoms with Crippen LogP contribution in [0.5, 0.6) is 0 Å². The summed E-state index contributed by atoms with van der Waals surface area (Å²) in [5, 5.41) is 0. The standard InChI is InChI=1S/C11H16BrN/c1-2-3-4-11(13)9-5-7-10(12)8-6-9/h5-8,11H,2-4,13H2,1H3/t11-/m1/s1. The topological polar surface area (TPSA) is 26.0 Å². The van der Waals surface area contributed by atoms with Crippen LogP contribution in [0.2, 0.25) is 0 Å². The third-order valence-corrected chi connectivity index (χ3v) is 2.70. The van der Waals surface area contributed by atoms with E-state index in [9.17, 15) is 0 Å². The van der Waals surface area contributed by atoms with E-state index in [0.717, 1.165) is 10.9 Å². The second-order valence-corrected chi connectivity index (χ2v) is 4.22. The molecule has 0 saturated heterocycles. The van der Waals surface area contributed by atoms with Crippen LogP contribution in [0.4, 0.5) is 0 Å². The molecule has 0 aromatic heterocycles. The van der Waals surface area contributed by atoms with Crippen LogP contribution in [0.25, 0.3) is 0 Å². The lowest BCUT2D eigenvalue weighted by Crippen LogP contribution is -2.09. The Bertz CT molecular complexity index is 243. The van der Waals surface area contributed by atoms with E-state index in [1.807, 2.05) is 12.1 Å². The Hall–Kier alpha value is -0.340. The van der Waals surface area contributed by atoms with Crippen molar-refractivity contribution in [3.8, 4) is 0 Å². The molecule has 0 amide bonds. The molecule has 1 aromatic rings. The zero-order valence-corrected chi connectivity index (χ0v) is 9.55. The first-order valence-corrected chi connectivity index (χ1v) is 5.54. The van der Waals surface area contributed by atoms with Crippen LogP contribution in [0, 0.1) is 0 Å². The molecule has 0 saturated carbocycles. The molecule has 2 N–H and O–H groups in total. The monoisotopic (exact) mass is 241 g/mol. The fraction of sp³-hybridized carbons (Fsp3) is 0.455. The minimum atomic E-state index is 0.202. The van der Waals surface area contributed by atoms with Gasteiger partial charge in [-0.05, 0) is 24.1 Å². The van der Waals surface area contributed by atoms with Crippen molar-refractivity contribution >= 4 is 15.9 Å². The largest absolute Gasteiger partial charge is 0.324 e. The fourth-order valence-electron chi connectivity index (χ4n) is 1.30. The molecule has 13 heavy (non-hydrogen) atoms. The van der Waals surface area contributed by atoms with E-state index < -0.39 is 0 Å². The van der Waals surface area contributed by atoms with E-state index in [2.05, 4.69) is 35.0 Å². The first-order valence-electron chi connectivity index (χ1n) is 4.75. The molecule has 0 aliphatic heterocycles. The van der Waals surface area contributed by atoms with Gasteiger partial charge in [0.1, 0.15) is 0 Å². The Morgan fingerprint density at radius 2 is 1.92 bits per heavy atom. The summed E-state index contributed by atoms with van der Waals surface area (Å²) in [7, 11) is 0. The van der Waals surface area contributed by atoms with Gasteiger partial charge in [0.25, 0.3) is 0 Å². The van der Waals surface area contributed by atoms with Gasteiger partial charge in [0, 0.05) is 10.5 Å². The predicted octanol–water partition coefficient (Wildman–Crippen LogP) is 3.64. The summed E-state index contributed by atoms with van der Waals surface area (Å²) in [6, 6.07) is 8.46. The highest BCUT2D eigenvalue weighted by atomic mass is 79.9. The maximum absolute atomic E-state index is 6.02. The van der Waals surface area contributed by atoms with Crippen molar-refractivity contribution < 1.29 is 0 Å². The van der Waals surface area contributed by atoms with E-state index in [0.29, 0.717) is 0 Å². The average Bonchev–Trinajstić information content (AvgIpc) is 2.15. The lowest BCUT2D eigenvalue weighted by molar-refractivity contribution is 0.603. The Morgan fingerprint density at radius 3 is 2.46 bits per heavy atom. The summed E-state index contributed by atoms with van der Waals surface area (Å²) in [6.45, 7) is 2.19. The lowest BCUT2D eigenvalue weighted by Gasteiger charge is -2.10. The average molecular weight is 242 g/mol. The van der Waals surface area contributed by atoms with Gasteiger partial charge in [-0.25, -0.2) is 0 Å². The van der Waals surface area contributed by atoms with E-state index in [1.165, 1.54) is 18.4 Å². The van der Waals surface area contributed by atoms with E-state index in [1.54, 1.807) is 0 Å². The number of hydrogen-bond acceptors (Lipinski definition) is 1. The fourth-order valence-corrected chi connectivity index (χ4v) is 1.57. The second kappa shape index (κ2) is 5.40. The molecule has 1 rings (SSSR count). The third-order valence-electron chi connectivity index (χ3n) is 2.17. The first-order chi connectivity index (χ1) is 6.24. The molecular formula is C11H16BrN. The normalized spacial score (nSPS) is 12.8. The van der Waals surface area contributed by atoms with Gasteiger partial charge in [-0.15, -0.1) is 0 Å². The highest BCUT2D eigenvalue weighted by molar-refractivity contribution is 9.10. The summed E-state index contributed by atoms with van der Waals surface area (Å²) < 4.78 is 1.11. The minimum Gasteiger partial charge on any atom is -0.324 e. The first kappa shape index (κ1) is 10.7. The van der Waals surface area contributed by atoms with Crippen molar-refractivity contribution in [1.29, 1.82) is 0 Å². The molecule has 1 nitrogen and oxygen atoms in total. The van der Waals surface area contributed by atoms with Crippen molar-refractivity contribution in [1.82, 2.24) is 0 Å². The Balaban J connectivity index is 2.55.